The third-order valence-electron chi connectivity index (χ3n) is 5.12. The second-order valence-corrected chi connectivity index (χ2v) is 7.74. The van der Waals surface area contributed by atoms with E-state index >= 15 is 0 Å². The van der Waals surface area contributed by atoms with E-state index in [4.69, 9.17) is 0 Å². The van der Waals surface area contributed by atoms with Crippen molar-refractivity contribution in [1.29, 1.82) is 0 Å². The Kier molecular flexibility index (Phi) is 3.08. The summed E-state index contributed by atoms with van der Waals surface area (Å²) < 4.78 is 0. The molecule has 0 spiro atoms. The molecule has 1 N–H and O–H groups in total. The molecule has 3 rings (SSSR count). The number of hydrogen-bond acceptors (Lipinski definition) is 3. The Morgan fingerprint density at radius 2 is 2.21 bits per heavy atom. The first-order chi connectivity index (χ1) is 9.00. The smallest absolute Gasteiger partial charge is 0.244 e. The SMILES string of the molecule is CCC1(NC(=O)[C@H]2CS[C@]3(C)CCC(=O)N23)CCC1. The van der Waals surface area contributed by atoms with Crippen LogP contribution in [0.1, 0.15) is 52.4 Å². The van der Waals surface area contributed by atoms with E-state index in [0.717, 1.165) is 31.4 Å². The summed E-state index contributed by atoms with van der Waals surface area (Å²) in [6, 6.07) is -0.256. The Hall–Kier alpha value is -0.710. The van der Waals surface area contributed by atoms with Gasteiger partial charge in [-0.25, -0.2) is 0 Å². The summed E-state index contributed by atoms with van der Waals surface area (Å²) in [5, 5.41) is 3.23. The van der Waals surface area contributed by atoms with Crippen LogP contribution in [0.15, 0.2) is 0 Å². The van der Waals surface area contributed by atoms with Crippen molar-refractivity contribution in [2.45, 2.75) is 68.8 Å². The number of nitrogens with zero attached hydrogens (tertiary/aromatic N) is 1. The zero-order chi connectivity index (χ0) is 13.7. The molecule has 0 bridgehead atoms. The summed E-state index contributed by atoms with van der Waals surface area (Å²) in [5.74, 6) is 0.952. The molecule has 3 fully saturated rings. The molecular formula is C14H22N2O2S. The maximum atomic E-state index is 12.5. The third kappa shape index (κ3) is 1.97. The molecule has 0 unspecified atom stereocenters. The van der Waals surface area contributed by atoms with Crippen molar-refractivity contribution >= 4 is 23.6 Å². The quantitative estimate of drug-likeness (QED) is 0.860. The van der Waals surface area contributed by atoms with Gasteiger partial charge in [-0.2, -0.15) is 0 Å². The molecule has 5 heteroatoms. The normalized spacial score (nSPS) is 36.0. The van der Waals surface area contributed by atoms with E-state index in [1.807, 2.05) is 4.90 Å². The molecule has 0 radical (unpaired) electrons. The van der Waals surface area contributed by atoms with Gasteiger partial charge in [0.2, 0.25) is 11.8 Å². The fraction of sp³-hybridized carbons (Fsp3) is 0.857. The average molecular weight is 282 g/mol. The number of thioether (sulfide) groups is 1. The molecule has 19 heavy (non-hydrogen) atoms. The van der Waals surface area contributed by atoms with Crippen LogP contribution < -0.4 is 5.32 Å². The lowest BCUT2D eigenvalue weighted by Gasteiger charge is -2.43. The molecule has 4 nitrogen and oxygen atoms in total. The minimum atomic E-state index is -0.256. The van der Waals surface area contributed by atoms with Crippen LogP contribution in [-0.2, 0) is 9.59 Å². The van der Waals surface area contributed by atoms with E-state index < -0.39 is 0 Å². The van der Waals surface area contributed by atoms with Gasteiger partial charge in [0, 0.05) is 17.7 Å². The van der Waals surface area contributed by atoms with Gasteiger partial charge < -0.3 is 10.2 Å². The minimum absolute atomic E-state index is 0.0174. The number of nitrogens with one attached hydrogen (secondary N) is 1. The molecule has 0 aromatic heterocycles. The first-order valence-electron chi connectivity index (χ1n) is 7.28. The summed E-state index contributed by atoms with van der Waals surface area (Å²) in [5.41, 5.74) is 0.0174. The maximum Gasteiger partial charge on any atom is 0.244 e. The minimum Gasteiger partial charge on any atom is -0.349 e. The van der Waals surface area contributed by atoms with E-state index in [9.17, 15) is 9.59 Å². The second-order valence-electron chi connectivity index (χ2n) is 6.24. The first kappa shape index (κ1) is 13.3. The predicted octanol–water partition coefficient (Wildman–Crippen LogP) is 1.89. The van der Waals surface area contributed by atoms with Crippen LogP contribution in [0.3, 0.4) is 0 Å². The lowest BCUT2D eigenvalue weighted by molar-refractivity contribution is -0.139. The van der Waals surface area contributed by atoms with Gasteiger partial charge in [0.15, 0.2) is 0 Å². The van der Waals surface area contributed by atoms with E-state index in [1.165, 1.54) is 6.42 Å². The molecule has 2 saturated heterocycles. The maximum absolute atomic E-state index is 12.5. The zero-order valence-electron chi connectivity index (χ0n) is 11.7. The number of fused-ring (bicyclic) bond motifs is 1. The number of rotatable bonds is 3. The van der Waals surface area contributed by atoms with Gasteiger partial charge in [-0.1, -0.05) is 6.92 Å². The third-order valence-corrected chi connectivity index (χ3v) is 6.63. The average Bonchev–Trinajstić information content (AvgIpc) is 2.82. The number of amides is 2. The van der Waals surface area contributed by atoms with Crippen LogP contribution in [0.25, 0.3) is 0 Å². The van der Waals surface area contributed by atoms with Crippen LogP contribution in [0, 0.1) is 0 Å². The van der Waals surface area contributed by atoms with Crippen molar-refractivity contribution in [3.63, 3.8) is 0 Å². The van der Waals surface area contributed by atoms with Gasteiger partial charge >= 0.3 is 0 Å². The van der Waals surface area contributed by atoms with Crippen molar-refractivity contribution in [2.24, 2.45) is 0 Å². The van der Waals surface area contributed by atoms with Crippen LogP contribution in [0.2, 0.25) is 0 Å². The molecule has 2 heterocycles. The highest BCUT2D eigenvalue weighted by Crippen LogP contribution is 2.47. The van der Waals surface area contributed by atoms with Crippen LogP contribution >= 0.6 is 11.8 Å². The Labute approximate surface area is 118 Å². The summed E-state index contributed by atoms with van der Waals surface area (Å²) >= 11 is 1.76. The summed E-state index contributed by atoms with van der Waals surface area (Å²) in [4.78, 5) is 26.3. The topological polar surface area (TPSA) is 49.4 Å². The predicted molar refractivity (Wildman–Crippen MR) is 75.7 cm³/mol. The lowest BCUT2D eigenvalue weighted by Crippen LogP contribution is -2.59. The standard InChI is InChI=1S/C14H22N2O2S/c1-3-14(6-4-7-14)15-12(18)10-9-19-13(2)8-5-11(17)16(10)13/h10H,3-9H2,1-2H3,(H,15,18)/t10-,13-/m1/s1. The van der Waals surface area contributed by atoms with Crippen LogP contribution in [-0.4, -0.2) is 38.9 Å². The Balaban J connectivity index is 1.72. The molecule has 3 aliphatic rings. The van der Waals surface area contributed by atoms with Crippen LogP contribution in [0.5, 0.6) is 0 Å². The number of hydrogen-bond donors (Lipinski definition) is 1. The van der Waals surface area contributed by atoms with Crippen molar-refractivity contribution in [2.75, 3.05) is 5.75 Å². The Morgan fingerprint density at radius 1 is 1.47 bits per heavy atom. The second kappa shape index (κ2) is 4.40. The van der Waals surface area contributed by atoms with Gasteiger partial charge in [-0.3, -0.25) is 9.59 Å². The van der Waals surface area contributed by atoms with Crippen molar-refractivity contribution in [1.82, 2.24) is 10.2 Å². The summed E-state index contributed by atoms with van der Waals surface area (Å²) in [7, 11) is 0. The number of carbonyl (C=O) groups is 2. The van der Waals surface area contributed by atoms with E-state index in [0.29, 0.717) is 6.42 Å². The van der Waals surface area contributed by atoms with E-state index in [2.05, 4.69) is 19.2 Å². The molecule has 2 aliphatic heterocycles. The van der Waals surface area contributed by atoms with E-state index in [1.54, 1.807) is 11.8 Å². The lowest BCUT2D eigenvalue weighted by atomic mass is 9.74. The molecule has 106 valence electrons. The van der Waals surface area contributed by atoms with Crippen molar-refractivity contribution < 1.29 is 9.59 Å². The van der Waals surface area contributed by atoms with Gasteiger partial charge in [-0.05, 0) is 39.0 Å². The highest BCUT2D eigenvalue weighted by molar-refractivity contribution is 8.01. The van der Waals surface area contributed by atoms with Gasteiger partial charge in [0.25, 0.3) is 0 Å². The molecular weight excluding hydrogens is 260 g/mol. The Morgan fingerprint density at radius 3 is 2.79 bits per heavy atom. The van der Waals surface area contributed by atoms with Crippen LogP contribution in [0.4, 0.5) is 0 Å². The van der Waals surface area contributed by atoms with Crippen molar-refractivity contribution in [3.8, 4) is 0 Å². The fourth-order valence-corrected chi connectivity index (χ4v) is 4.96. The molecule has 0 aromatic carbocycles. The summed E-state index contributed by atoms with van der Waals surface area (Å²) in [6.45, 7) is 4.22. The monoisotopic (exact) mass is 282 g/mol. The Bertz CT molecular complexity index is 416. The van der Waals surface area contributed by atoms with Gasteiger partial charge in [-0.15, -0.1) is 11.8 Å². The highest BCUT2D eigenvalue weighted by atomic mass is 32.2. The first-order valence-corrected chi connectivity index (χ1v) is 8.26. The molecule has 2 amide bonds. The molecule has 1 aliphatic carbocycles. The molecule has 0 aromatic rings. The van der Waals surface area contributed by atoms with E-state index in [-0.39, 0.29) is 28.3 Å². The fourth-order valence-electron chi connectivity index (χ4n) is 3.53. The summed E-state index contributed by atoms with van der Waals surface area (Å²) in [6.07, 6.45) is 5.82. The van der Waals surface area contributed by atoms with Crippen molar-refractivity contribution in [3.05, 3.63) is 0 Å². The highest BCUT2D eigenvalue weighted by Gasteiger charge is 2.53. The molecule has 2 atom stereocenters. The largest absolute Gasteiger partial charge is 0.349 e. The molecule has 1 saturated carbocycles. The van der Waals surface area contributed by atoms with Gasteiger partial charge in [0.05, 0.1) is 4.87 Å². The zero-order valence-corrected chi connectivity index (χ0v) is 12.5. The van der Waals surface area contributed by atoms with Gasteiger partial charge in [0.1, 0.15) is 6.04 Å². The number of carbonyl (C=O) groups excluding carboxylic acids is 2.